The molecule has 1 heterocycles. The Morgan fingerprint density at radius 1 is 1.40 bits per heavy atom. The largest absolute Gasteiger partial charge is 0.496 e. The topological polar surface area (TPSA) is 21.3 Å². The molecule has 0 saturated carbocycles. The van der Waals surface area contributed by atoms with Crippen molar-refractivity contribution < 1.29 is 4.74 Å². The number of hydrogen-bond donors (Lipinski definition) is 1. The van der Waals surface area contributed by atoms with Gasteiger partial charge in [-0.25, -0.2) is 0 Å². The molecule has 0 saturated heterocycles. The first kappa shape index (κ1) is 12.5. The summed E-state index contributed by atoms with van der Waals surface area (Å²) in [6.45, 7) is 8.77. The fourth-order valence-corrected chi connectivity index (χ4v) is 2.11. The third kappa shape index (κ3) is 4.67. The summed E-state index contributed by atoms with van der Waals surface area (Å²) in [6.07, 6.45) is 1.20. The molecular weight excluding hydrogens is 206 g/mol. The normalized spacial score (nSPS) is 11.7. The van der Waals surface area contributed by atoms with Crippen LogP contribution in [-0.4, -0.2) is 13.7 Å². The van der Waals surface area contributed by atoms with Crippen LogP contribution in [-0.2, 0) is 6.54 Å². The maximum absolute atomic E-state index is 5.25. The molecule has 0 atom stereocenters. The molecule has 0 bridgehead atoms. The van der Waals surface area contributed by atoms with Crippen molar-refractivity contribution in [1.82, 2.24) is 5.32 Å². The van der Waals surface area contributed by atoms with Crippen molar-refractivity contribution in [3.8, 4) is 5.75 Å². The van der Waals surface area contributed by atoms with Gasteiger partial charge < -0.3 is 10.1 Å². The third-order valence-corrected chi connectivity index (χ3v) is 3.16. The molecule has 1 rings (SSSR count). The van der Waals surface area contributed by atoms with Gasteiger partial charge in [0.25, 0.3) is 0 Å². The minimum Gasteiger partial charge on any atom is -0.496 e. The SMILES string of the molecule is COc1ccsc1CNCCC(C)(C)C. The second-order valence-electron chi connectivity index (χ2n) is 4.90. The third-order valence-electron chi connectivity index (χ3n) is 2.26. The van der Waals surface area contributed by atoms with Gasteiger partial charge in [0.1, 0.15) is 5.75 Å². The minimum atomic E-state index is 0.409. The summed E-state index contributed by atoms with van der Waals surface area (Å²) in [6, 6.07) is 2.02. The van der Waals surface area contributed by atoms with Gasteiger partial charge in [-0.05, 0) is 29.8 Å². The quantitative estimate of drug-likeness (QED) is 0.779. The fraction of sp³-hybridized carbons (Fsp3) is 0.667. The van der Waals surface area contributed by atoms with Gasteiger partial charge in [-0.3, -0.25) is 0 Å². The van der Waals surface area contributed by atoms with E-state index in [0.29, 0.717) is 5.41 Å². The second-order valence-corrected chi connectivity index (χ2v) is 5.90. The molecule has 0 aliphatic rings. The Bertz CT molecular complexity index is 288. The maximum atomic E-state index is 5.25. The number of ether oxygens (including phenoxy) is 1. The summed E-state index contributed by atoms with van der Waals surface area (Å²) in [4.78, 5) is 1.28. The molecule has 1 aromatic rings. The number of nitrogens with one attached hydrogen (secondary N) is 1. The average molecular weight is 227 g/mol. The average Bonchev–Trinajstić information content (AvgIpc) is 2.58. The molecule has 0 aliphatic heterocycles. The first-order valence-electron chi connectivity index (χ1n) is 5.34. The Balaban J connectivity index is 2.26. The summed E-state index contributed by atoms with van der Waals surface area (Å²) >= 11 is 1.74. The van der Waals surface area contributed by atoms with Gasteiger partial charge >= 0.3 is 0 Å². The number of hydrogen-bond acceptors (Lipinski definition) is 3. The predicted octanol–water partition coefficient (Wildman–Crippen LogP) is 3.28. The van der Waals surface area contributed by atoms with Gasteiger partial charge in [-0.1, -0.05) is 20.8 Å². The van der Waals surface area contributed by atoms with Gasteiger partial charge in [0.15, 0.2) is 0 Å². The van der Waals surface area contributed by atoms with Crippen LogP contribution < -0.4 is 10.1 Å². The van der Waals surface area contributed by atoms with E-state index in [1.165, 1.54) is 11.3 Å². The van der Waals surface area contributed by atoms with Crippen LogP contribution in [0.4, 0.5) is 0 Å². The first-order valence-corrected chi connectivity index (χ1v) is 6.22. The van der Waals surface area contributed by atoms with Crippen LogP contribution in [0.2, 0.25) is 0 Å². The van der Waals surface area contributed by atoms with Gasteiger partial charge in [0, 0.05) is 6.54 Å². The lowest BCUT2D eigenvalue weighted by atomic mass is 9.92. The van der Waals surface area contributed by atoms with E-state index in [1.54, 1.807) is 18.4 Å². The molecule has 86 valence electrons. The Kier molecular flexibility index (Phi) is 4.61. The van der Waals surface area contributed by atoms with Crippen molar-refractivity contribution in [3.63, 3.8) is 0 Å². The predicted molar refractivity (Wildman–Crippen MR) is 66.6 cm³/mol. The van der Waals surface area contributed by atoms with E-state index in [4.69, 9.17) is 4.74 Å². The highest BCUT2D eigenvalue weighted by molar-refractivity contribution is 7.10. The number of rotatable bonds is 5. The zero-order valence-electron chi connectivity index (χ0n) is 10.1. The molecule has 0 radical (unpaired) electrons. The molecule has 1 N–H and O–H groups in total. The highest BCUT2D eigenvalue weighted by Gasteiger charge is 2.09. The van der Waals surface area contributed by atoms with Crippen molar-refractivity contribution >= 4 is 11.3 Å². The van der Waals surface area contributed by atoms with Gasteiger partial charge in [-0.2, -0.15) is 0 Å². The summed E-state index contributed by atoms with van der Waals surface area (Å²) in [5.74, 6) is 1.00. The highest BCUT2D eigenvalue weighted by atomic mass is 32.1. The molecule has 3 heteroatoms. The fourth-order valence-electron chi connectivity index (χ4n) is 1.30. The molecule has 1 aromatic heterocycles. The molecule has 15 heavy (non-hydrogen) atoms. The smallest absolute Gasteiger partial charge is 0.134 e. The van der Waals surface area contributed by atoms with E-state index in [2.05, 4.69) is 31.5 Å². The van der Waals surface area contributed by atoms with Gasteiger partial charge in [0.2, 0.25) is 0 Å². The van der Waals surface area contributed by atoms with E-state index in [9.17, 15) is 0 Å². The summed E-state index contributed by atoms with van der Waals surface area (Å²) in [5.41, 5.74) is 0.409. The molecule has 0 amide bonds. The van der Waals surface area contributed by atoms with Gasteiger partial charge in [-0.15, -0.1) is 11.3 Å². The van der Waals surface area contributed by atoms with Crippen LogP contribution >= 0.6 is 11.3 Å². The Morgan fingerprint density at radius 3 is 2.73 bits per heavy atom. The monoisotopic (exact) mass is 227 g/mol. The van der Waals surface area contributed by atoms with E-state index in [-0.39, 0.29) is 0 Å². The minimum absolute atomic E-state index is 0.409. The molecular formula is C12H21NOS. The van der Waals surface area contributed by atoms with Crippen LogP contribution in [0.1, 0.15) is 32.1 Å². The standard InChI is InChI=1S/C12H21NOS/c1-12(2,3)6-7-13-9-11-10(14-4)5-8-15-11/h5,8,13H,6-7,9H2,1-4H3. The summed E-state index contributed by atoms with van der Waals surface area (Å²) < 4.78 is 5.25. The van der Waals surface area contributed by atoms with Gasteiger partial charge in [0.05, 0.1) is 12.0 Å². The summed E-state index contributed by atoms with van der Waals surface area (Å²) in [5, 5.41) is 5.52. The Morgan fingerprint density at radius 2 is 2.13 bits per heavy atom. The molecule has 0 fully saturated rings. The van der Waals surface area contributed by atoms with Crippen molar-refractivity contribution in [1.29, 1.82) is 0 Å². The highest BCUT2D eigenvalue weighted by Crippen LogP contribution is 2.24. The molecule has 0 unspecified atom stereocenters. The maximum Gasteiger partial charge on any atom is 0.134 e. The van der Waals surface area contributed by atoms with Crippen LogP contribution in [0.25, 0.3) is 0 Å². The van der Waals surface area contributed by atoms with Crippen molar-refractivity contribution in [3.05, 3.63) is 16.3 Å². The van der Waals surface area contributed by atoms with Crippen LogP contribution in [0.15, 0.2) is 11.4 Å². The van der Waals surface area contributed by atoms with E-state index < -0.39 is 0 Å². The Labute approximate surface area is 96.7 Å². The lowest BCUT2D eigenvalue weighted by Crippen LogP contribution is -2.19. The zero-order chi connectivity index (χ0) is 11.3. The Hall–Kier alpha value is -0.540. The number of thiophene rings is 1. The van der Waals surface area contributed by atoms with Crippen LogP contribution in [0, 0.1) is 5.41 Å². The lowest BCUT2D eigenvalue weighted by molar-refractivity contribution is 0.365. The van der Waals surface area contributed by atoms with Crippen LogP contribution in [0.3, 0.4) is 0 Å². The van der Waals surface area contributed by atoms with E-state index in [0.717, 1.165) is 18.8 Å². The van der Waals surface area contributed by atoms with Crippen molar-refractivity contribution in [2.24, 2.45) is 5.41 Å². The first-order chi connectivity index (χ1) is 7.03. The van der Waals surface area contributed by atoms with Crippen LogP contribution in [0.5, 0.6) is 5.75 Å². The van der Waals surface area contributed by atoms with Crippen molar-refractivity contribution in [2.45, 2.75) is 33.7 Å². The van der Waals surface area contributed by atoms with E-state index in [1.807, 2.05) is 6.07 Å². The second kappa shape index (κ2) is 5.52. The zero-order valence-corrected chi connectivity index (χ0v) is 10.9. The van der Waals surface area contributed by atoms with Crippen molar-refractivity contribution in [2.75, 3.05) is 13.7 Å². The van der Waals surface area contributed by atoms with E-state index >= 15 is 0 Å². The summed E-state index contributed by atoms with van der Waals surface area (Å²) in [7, 11) is 1.72. The number of methoxy groups -OCH3 is 1. The molecule has 2 nitrogen and oxygen atoms in total. The molecule has 0 spiro atoms. The lowest BCUT2D eigenvalue weighted by Gasteiger charge is -2.17. The molecule has 0 aromatic carbocycles. The molecule has 0 aliphatic carbocycles.